The molecule has 1 heterocycles. The van der Waals surface area contributed by atoms with Crippen LogP contribution in [0.4, 0.5) is 0 Å². The van der Waals surface area contributed by atoms with Gasteiger partial charge >= 0.3 is 0 Å². The van der Waals surface area contributed by atoms with Gasteiger partial charge in [-0.25, -0.2) is 0 Å². The maximum atomic E-state index is 12.3. The van der Waals surface area contributed by atoms with Gasteiger partial charge in [-0.3, -0.25) is 4.79 Å². The molecular weight excluding hydrogens is 216 g/mol. The standard InChI is InChI=1S/C13H24N2O2/c1-13(6-3-7-14-9-13)12(17)15-10-4-2-5-11(16)8-10/h10-11,14,16H,2-9H2,1H3,(H,15,17). The fraction of sp³-hybridized carbons (Fsp3) is 0.923. The van der Waals surface area contributed by atoms with Gasteiger partial charge in [-0.15, -0.1) is 0 Å². The van der Waals surface area contributed by atoms with Crippen LogP contribution in [-0.2, 0) is 4.79 Å². The fourth-order valence-electron chi connectivity index (χ4n) is 2.90. The lowest BCUT2D eigenvalue weighted by Gasteiger charge is -2.35. The zero-order chi connectivity index (χ0) is 12.3. The van der Waals surface area contributed by atoms with Crippen molar-refractivity contribution in [1.29, 1.82) is 0 Å². The summed E-state index contributed by atoms with van der Waals surface area (Å²) in [5, 5.41) is 16.0. The lowest BCUT2D eigenvalue weighted by molar-refractivity contribution is -0.132. The van der Waals surface area contributed by atoms with Crippen molar-refractivity contribution in [3.05, 3.63) is 0 Å². The second-order valence-electron chi connectivity index (χ2n) is 5.83. The molecule has 4 nitrogen and oxygen atoms in total. The molecule has 3 unspecified atom stereocenters. The molecule has 0 radical (unpaired) electrons. The van der Waals surface area contributed by atoms with Crippen molar-refractivity contribution in [1.82, 2.24) is 10.6 Å². The van der Waals surface area contributed by atoms with Gasteiger partial charge in [0.1, 0.15) is 0 Å². The summed E-state index contributed by atoms with van der Waals surface area (Å²) in [6.45, 7) is 3.83. The number of carbonyl (C=O) groups is 1. The van der Waals surface area contributed by atoms with Crippen LogP contribution in [0.15, 0.2) is 0 Å². The number of aliphatic hydroxyl groups is 1. The molecule has 2 rings (SSSR count). The number of piperidine rings is 1. The van der Waals surface area contributed by atoms with Gasteiger partial charge in [0.05, 0.1) is 11.5 Å². The lowest BCUT2D eigenvalue weighted by Crippen LogP contribution is -2.52. The molecule has 0 aromatic rings. The molecular formula is C13H24N2O2. The molecule has 17 heavy (non-hydrogen) atoms. The van der Waals surface area contributed by atoms with E-state index in [1.54, 1.807) is 0 Å². The molecule has 98 valence electrons. The highest BCUT2D eigenvalue weighted by Crippen LogP contribution is 2.27. The van der Waals surface area contributed by atoms with Crippen molar-refractivity contribution in [2.24, 2.45) is 5.41 Å². The molecule has 1 saturated heterocycles. The second kappa shape index (κ2) is 5.36. The molecule has 1 aliphatic heterocycles. The van der Waals surface area contributed by atoms with Gasteiger partial charge in [0, 0.05) is 12.6 Å². The summed E-state index contributed by atoms with van der Waals surface area (Å²) in [4.78, 5) is 12.3. The van der Waals surface area contributed by atoms with E-state index in [1.807, 2.05) is 6.92 Å². The highest BCUT2D eigenvalue weighted by atomic mass is 16.3. The molecule has 0 aromatic carbocycles. The summed E-state index contributed by atoms with van der Waals surface area (Å²) >= 11 is 0. The number of hydrogen-bond donors (Lipinski definition) is 3. The van der Waals surface area contributed by atoms with Crippen LogP contribution in [0.3, 0.4) is 0 Å². The van der Waals surface area contributed by atoms with Crippen LogP contribution in [-0.4, -0.2) is 36.2 Å². The van der Waals surface area contributed by atoms with Crippen molar-refractivity contribution in [3.63, 3.8) is 0 Å². The van der Waals surface area contributed by atoms with E-state index >= 15 is 0 Å². The Morgan fingerprint density at radius 1 is 1.41 bits per heavy atom. The Hall–Kier alpha value is -0.610. The maximum absolute atomic E-state index is 12.3. The molecule has 1 saturated carbocycles. The van der Waals surface area contributed by atoms with E-state index in [0.717, 1.165) is 51.6 Å². The first-order valence-electron chi connectivity index (χ1n) is 6.80. The van der Waals surface area contributed by atoms with Crippen molar-refractivity contribution < 1.29 is 9.90 Å². The van der Waals surface area contributed by atoms with E-state index in [0.29, 0.717) is 0 Å². The van der Waals surface area contributed by atoms with Crippen LogP contribution in [0.2, 0.25) is 0 Å². The smallest absolute Gasteiger partial charge is 0.227 e. The normalized spacial score (nSPS) is 38.7. The zero-order valence-corrected chi connectivity index (χ0v) is 10.7. The molecule has 2 aliphatic rings. The predicted octanol–water partition coefficient (Wildman–Crippen LogP) is 0.796. The first kappa shape index (κ1) is 12.8. The summed E-state index contributed by atoms with van der Waals surface area (Å²) in [6.07, 6.45) is 5.41. The minimum absolute atomic E-state index is 0.156. The van der Waals surface area contributed by atoms with Crippen LogP contribution in [0.1, 0.15) is 45.4 Å². The van der Waals surface area contributed by atoms with Gasteiger partial charge in [-0.05, 0) is 52.0 Å². The quantitative estimate of drug-likeness (QED) is 0.669. The minimum Gasteiger partial charge on any atom is -0.393 e. The summed E-state index contributed by atoms with van der Waals surface area (Å²) in [7, 11) is 0. The molecule has 0 spiro atoms. The number of rotatable bonds is 2. The lowest BCUT2D eigenvalue weighted by atomic mass is 9.81. The van der Waals surface area contributed by atoms with E-state index in [1.165, 1.54) is 0 Å². The Labute approximate surface area is 103 Å². The van der Waals surface area contributed by atoms with Crippen molar-refractivity contribution >= 4 is 5.91 Å². The first-order valence-corrected chi connectivity index (χ1v) is 6.80. The average Bonchev–Trinajstić information content (AvgIpc) is 2.30. The zero-order valence-electron chi connectivity index (χ0n) is 10.7. The van der Waals surface area contributed by atoms with E-state index < -0.39 is 0 Å². The molecule has 1 amide bonds. The van der Waals surface area contributed by atoms with Crippen molar-refractivity contribution in [3.8, 4) is 0 Å². The molecule has 3 N–H and O–H groups in total. The van der Waals surface area contributed by atoms with Crippen LogP contribution in [0.5, 0.6) is 0 Å². The van der Waals surface area contributed by atoms with Gasteiger partial charge in [-0.1, -0.05) is 0 Å². The Morgan fingerprint density at radius 3 is 2.88 bits per heavy atom. The molecule has 4 heteroatoms. The summed E-state index contributed by atoms with van der Waals surface area (Å²) < 4.78 is 0. The Kier molecular flexibility index (Phi) is 4.05. The Balaban J connectivity index is 1.87. The van der Waals surface area contributed by atoms with Gasteiger partial charge in [0.25, 0.3) is 0 Å². The summed E-state index contributed by atoms with van der Waals surface area (Å²) in [5.74, 6) is 0.156. The number of amides is 1. The first-order chi connectivity index (χ1) is 8.10. The monoisotopic (exact) mass is 240 g/mol. The summed E-state index contributed by atoms with van der Waals surface area (Å²) in [5.41, 5.74) is -0.263. The number of nitrogens with one attached hydrogen (secondary N) is 2. The third-order valence-corrected chi connectivity index (χ3v) is 4.13. The molecule has 3 atom stereocenters. The van der Waals surface area contributed by atoms with E-state index in [9.17, 15) is 9.90 Å². The van der Waals surface area contributed by atoms with Crippen LogP contribution < -0.4 is 10.6 Å². The van der Waals surface area contributed by atoms with Gasteiger partial charge in [0.2, 0.25) is 5.91 Å². The van der Waals surface area contributed by atoms with Crippen LogP contribution >= 0.6 is 0 Å². The minimum atomic E-state index is -0.263. The van der Waals surface area contributed by atoms with E-state index in [2.05, 4.69) is 10.6 Å². The highest BCUT2D eigenvalue weighted by Gasteiger charge is 2.36. The topological polar surface area (TPSA) is 61.4 Å². The SMILES string of the molecule is CC1(C(=O)NC2CCCC(O)C2)CCCNC1. The van der Waals surface area contributed by atoms with Crippen LogP contribution in [0, 0.1) is 5.41 Å². The van der Waals surface area contributed by atoms with E-state index in [4.69, 9.17) is 0 Å². The predicted molar refractivity (Wildman–Crippen MR) is 66.6 cm³/mol. The van der Waals surface area contributed by atoms with Crippen molar-refractivity contribution in [2.75, 3.05) is 13.1 Å². The van der Waals surface area contributed by atoms with E-state index in [-0.39, 0.29) is 23.5 Å². The van der Waals surface area contributed by atoms with Gasteiger partial charge < -0.3 is 15.7 Å². The van der Waals surface area contributed by atoms with Gasteiger partial charge in [0.15, 0.2) is 0 Å². The second-order valence-corrected chi connectivity index (χ2v) is 5.83. The maximum Gasteiger partial charge on any atom is 0.227 e. The Bertz CT molecular complexity index is 275. The largest absolute Gasteiger partial charge is 0.393 e. The number of aliphatic hydroxyl groups excluding tert-OH is 1. The molecule has 2 fully saturated rings. The highest BCUT2D eigenvalue weighted by molar-refractivity contribution is 5.82. The molecule has 0 aromatic heterocycles. The fourth-order valence-corrected chi connectivity index (χ4v) is 2.90. The molecule has 0 bridgehead atoms. The molecule has 1 aliphatic carbocycles. The van der Waals surface area contributed by atoms with Crippen LogP contribution in [0.25, 0.3) is 0 Å². The van der Waals surface area contributed by atoms with Crippen molar-refractivity contribution in [2.45, 2.75) is 57.6 Å². The Morgan fingerprint density at radius 2 is 2.24 bits per heavy atom. The number of hydrogen-bond acceptors (Lipinski definition) is 3. The third kappa shape index (κ3) is 3.19. The third-order valence-electron chi connectivity index (χ3n) is 4.13. The van der Waals surface area contributed by atoms with Gasteiger partial charge in [-0.2, -0.15) is 0 Å². The number of carbonyl (C=O) groups excluding carboxylic acids is 1. The average molecular weight is 240 g/mol. The summed E-state index contributed by atoms with van der Waals surface area (Å²) in [6, 6.07) is 0.171.